The lowest BCUT2D eigenvalue weighted by Crippen LogP contribution is -2.39. The molecule has 2 heterocycles. The number of hydrogen-bond acceptors (Lipinski definition) is 5. The molecule has 2 rings (SSSR count). The molecule has 0 saturated carbocycles. The topological polar surface area (TPSA) is 66.4 Å². The summed E-state index contributed by atoms with van der Waals surface area (Å²) < 4.78 is 22.5. The minimum Gasteiger partial charge on any atom is -0.390 e. The van der Waals surface area contributed by atoms with Gasteiger partial charge in [-0.25, -0.2) is 8.42 Å². The smallest absolute Gasteiger partial charge is 0.154 e. The van der Waals surface area contributed by atoms with Gasteiger partial charge in [0, 0.05) is 17.5 Å². The lowest BCUT2D eigenvalue weighted by atomic mass is 10.2. The normalized spacial score (nSPS) is 28.3. The van der Waals surface area contributed by atoms with Crippen molar-refractivity contribution in [2.45, 2.75) is 18.6 Å². The Kier molecular flexibility index (Phi) is 3.63. The molecule has 4 nitrogen and oxygen atoms in total. The zero-order valence-electron chi connectivity index (χ0n) is 8.80. The molecule has 0 aliphatic carbocycles. The van der Waals surface area contributed by atoms with E-state index in [2.05, 4.69) is 5.32 Å². The van der Waals surface area contributed by atoms with Crippen LogP contribution in [0.15, 0.2) is 17.5 Å². The van der Waals surface area contributed by atoms with E-state index in [0.717, 1.165) is 6.42 Å². The first kappa shape index (κ1) is 12.0. The largest absolute Gasteiger partial charge is 0.390 e. The van der Waals surface area contributed by atoms with E-state index in [1.165, 1.54) is 4.88 Å². The molecule has 1 saturated heterocycles. The van der Waals surface area contributed by atoms with Crippen LogP contribution in [0.5, 0.6) is 0 Å². The molecule has 90 valence electrons. The molecule has 1 fully saturated rings. The van der Waals surface area contributed by atoms with E-state index in [1.54, 1.807) is 11.3 Å². The minimum absolute atomic E-state index is 0.0542. The van der Waals surface area contributed by atoms with Gasteiger partial charge in [-0.2, -0.15) is 0 Å². The summed E-state index contributed by atoms with van der Waals surface area (Å²) in [6.07, 6.45) is 0.120. The van der Waals surface area contributed by atoms with Crippen LogP contribution >= 0.6 is 11.3 Å². The molecule has 0 spiro atoms. The molecule has 2 N–H and O–H groups in total. The lowest BCUT2D eigenvalue weighted by molar-refractivity contribution is 0.166. The standard InChI is InChI=1S/C10H15NO3S2/c12-10-7-16(13,14)6-9(10)11-4-3-8-2-1-5-15-8/h1-2,5,9-12H,3-4,6-7H2/t9-,10-/m1/s1. The number of sulfone groups is 1. The molecule has 0 radical (unpaired) electrons. The molecule has 16 heavy (non-hydrogen) atoms. The van der Waals surface area contributed by atoms with Crippen LogP contribution in [0, 0.1) is 0 Å². The SMILES string of the molecule is O=S1(=O)C[C@@H](O)[C@H](NCCc2cccs2)C1. The molecule has 0 aromatic carbocycles. The van der Waals surface area contributed by atoms with E-state index >= 15 is 0 Å². The van der Waals surface area contributed by atoms with Crippen molar-refractivity contribution >= 4 is 21.2 Å². The Balaban J connectivity index is 1.79. The average Bonchev–Trinajstić information content (AvgIpc) is 2.75. The summed E-state index contributed by atoms with van der Waals surface area (Å²) in [5.74, 6) is -0.0533. The van der Waals surface area contributed by atoms with Gasteiger partial charge in [0.25, 0.3) is 0 Å². The van der Waals surface area contributed by atoms with E-state index in [0.29, 0.717) is 6.54 Å². The van der Waals surface area contributed by atoms with Crippen molar-refractivity contribution in [3.63, 3.8) is 0 Å². The summed E-state index contributed by atoms with van der Waals surface area (Å²) in [6, 6.07) is 3.74. The van der Waals surface area contributed by atoms with Crippen LogP contribution in [-0.2, 0) is 16.3 Å². The van der Waals surface area contributed by atoms with Crippen LogP contribution in [0.4, 0.5) is 0 Å². The fourth-order valence-electron chi connectivity index (χ4n) is 1.86. The number of aliphatic hydroxyl groups excluding tert-OH is 1. The Morgan fingerprint density at radius 3 is 2.88 bits per heavy atom. The van der Waals surface area contributed by atoms with Gasteiger partial charge in [0.2, 0.25) is 0 Å². The third-order valence-corrected chi connectivity index (χ3v) is 5.33. The van der Waals surface area contributed by atoms with E-state index in [1.807, 2.05) is 17.5 Å². The Bertz CT molecular complexity index is 427. The van der Waals surface area contributed by atoms with Crippen molar-refractivity contribution in [1.82, 2.24) is 5.32 Å². The Morgan fingerprint density at radius 2 is 2.31 bits per heavy atom. The van der Waals surface area contributed by atoms with Gasteiger partial charge < -0.3 is 10.4 Å². The molecule has 0 amide bonds. The molecule has 1 aromatic rings. The second kappa shape index (κ2) is 4.83. The number of thiophene rings is 1. The zero-order valence-corrected chi connectivity index (χ0v) is 10.4. The highest BCUT2D eigenvalue weighted by Gasteiger charge is 2.35. The predicted octanol–water partition coefficient (Wildman–Crippen LogP) is 0.0381. The van der Waals surface area contributed by atoms with Gasteiger partial charge in [0.1, 0.15) is 0 Å². The Labute approximate surface area is 99.2 Å². The molecule has 0 unspecified atom stereocenters. The van der Waals surface area contributed by atoms with Crippen molar-refractivity contribution < 1.29 is 13.5 Å². The van der Waals surface area contributed by atoms with Gasteiger partial charge in [-0.05, 0) is 17.9 Å². The predicted molar refractivity (Wildman–Crippen MR) is 64.5 cm³/mol. The highest BCUT2D eigenvalue weighted by molar-refractivity contribution is 7.91. The van der Waals surface area contributed by atoms with Gasteiger partial charge in [-0.3, -0.25) is 0 Å². The summed E-state index contributed by atoms with van der Waals surface area (Å²) in [7, 11) is -3.04. The summed E-state index contributed by atoms with van der Waals surface area (Å²) in [5, 5.41) is 14.7. The highest BCUT2D eigenvalue weighted by atomic mass is 32.2. The highest BCUT2D eigenvalue weighted by Crippen LogP contribution is 2.13. The van der Waals surface area contributed by atoms with Gasteiger partial charge in [-0.15, -0.1) is 11.3 Å². The van der Waals surface area contributed by atoms with Gasteiger partial charge in [0.05, 0.1) is 17.6 Å². The van der Waals surface area contributed by atoms with Crippen molar-refractivity contribution in [2.75, 3.05) is 18.1 Å². The molecule has 1 aliphatic heterocycles. The molecule has 1 aromatic heterocycles. The van der Waals surface area contributed by atoms with E-state index in [9.17, 15) is 13.5 Å². The lowest BCUT2D eigenvalue weighted by Gasteiger charge is -2.14. The van der Waals surface area contributed by atoms with Crippen LogP contribution in [0.1, 0.15) is 4.88 Å². The van der Waals surface area contributed by atoms with Crippen LogP contribution in [0.2, 0.25) is 0 Å². The van der Waals surface area contributed by atoms with E-state index in [4.69, 9.17) is 0 Å². The van der Waals surface area contributed by atoms with Gasteiger partial charge in [-0.1, -0.05) is 6.07 Å². The van der Waals surface area contributed by atoms with Crippen LogP contribution in [-0.4, -0.2) is 43.7 Å². The van der Waals surface area contributed by atoms with Crippen LogP contribution in [0.3, 0.4) is 0 Å². The Morgan fingerprint density at radius 1 is 1.50 bits per heavy atom. The van der Waals surface area contributed by atoms with Crippen molar-refractivity contribution in [3.8, 4) is 0 Å². The second-order valence-corrected chi connectivity index (χ2v) is 7.22. The first-order chi connectivity index (χ1) is 7.57. The molecule has 1 aliphatic rings. The summed E-state index contributed by atoms with van der Waals surface area (Å²) >= 11 is 1.69. The molecular formula is C10H15NO3S2. The fourth-order valence-corrected chi connectivity index (χ4v) is 4.34. The van der Waals surface area contributed by atoms with Gasteiger partial charge >= 0.3 is 0 Å². The van der Waals surface area contributed by atoms with Gasteiger partial charge in [0.15, 0.2) is 9.84 Å². The third kappa shape index (κ3) is 3.04. The van der Waals surface area contributed by atoms with Crippen molar-refractivity contribution in [2.24, 2.45) is 0 Å². The van der Waals surface area contributed by atoms with E-state index < -0.39 is 15.9 Å². The first-order valence-electron chi connectivity index (χ1n) is 5.21. The third-order valence-electron chi connectivity index (χ3n) is 2.68. The summed E-state index contributed by atoms with van der Waals surface area (Å²) in [4.78, 5) is 1.27. The van der Waals surface area contributed by atoms with Crippen LogP contribution < -0.4 is 5.32 Å². The number of hydrogen-bond donors (Lipinski definition) is 2. The Hall–Kier alpha value is -0.430. The number of aliphatic hydroxyl groups is 1. The molecule has 6 heteroatoms. The summed E-state index contributed by atoms with van der Waals surface area (Å²) in [6.45, 7) is 0.706. The molecular weight excluding hydrogens is 246 g/mol. The average molecular weight is 261 g/mol. The van der Waals surface area contributed by atoms with E-state index in [-0.39, 0.29) is 17.5 Å². The second-order valence-electron chi connectivity index (χ2n) is 4.03. The quantitative estimate of drug-likeness (QED) is 0.803. The molecule has 0 bridgehead atoms. The number of nitrogens with one attached hydrogen (secondary N) is 1. The zero-order chi connectivity index (χ0) is 11.6. The maximum Gasteiger partial charge on any atom is 0.154 e. The summed E-state index contributed by atoms with van der Waals surface area (Å²) in [5.41, 5.74) is 0. The van der Waals surface area contributed by atoms with Crippen molar-refractivity contribution in [3.05, 3.63) is 22.4 Å². The van der Waals surface area contributed by atoms with Crippen molar-refractivity contribution in [1.29, 1.82) is 0 Å². The molecule has 2 atom stereocenters. The minimum atomic E-state index is -3.04. The van der Waals surface area contributed by atoms with Crippen LogP contribution in [0.25, 0.3) is 0 Å². The maximum atomic E-state index is 11.2. The maximum absolute atomic E-state index is 11.2. The monoisotopic (exact) mass is 261 g/mol. The number of rotatable bonds is 4. The fraction of sp³-hybridized carbons (Fsp3) is 0.600. The first-order valence-corrected chi connectivity index (χ1v) is 7.91.